The minimum absolute atomic E-state index is 0.0504. The van der Waals surface area contributed by atoms with Crippen molar-refractivity contribution in [3.8, 4) is 0 Å². The van der Waals surface area contributed by atoms with E-state index in [1.54, 1.807) is 17.3 Å². The maximum atomic E-state index is 14.4. The van der Waals surface area contributed by atoms with Crippen LogP contribution in [0, 0.1) is 11.3 Å². The monoisotopic (exact) mass is 614 g/mol. The topological polar surface area (TPSA) is 174 Å². The van der Waals surface area contributed by atoms with Crippen molar-refractivity contribution in [3.05, 3.63) is 95.8 Å². The molecule has 2 aromatic carbocycles. The predicted molar refractivity (Wildman–Crippen MR) is 169 cm³/mol. The molecule has 2 fully saturated rings. The fourth-order valence-electron chi connectivity index (χ4n) is 6.60. The van der Waals surface area contributed by atoms with Crippen molar-refractivity contribution in [2.45, 2.75) is 75.3 Å². The molecule has 11 heteroatoms. The summed E-state index contributed by atoms with van der Waals surface area (Å²) in [5.41, 5.74) is 8.05. The van der Waals surface area contributed by atoms with Gasteiger partial charge >= 0.3 is 0 Å². The number of benzene rings is 2. The van der Waals surface area contributed by atoms with E-state index in [4.69, 9.17) is 11.1 Å². The fraction of sp³-hybridized carbons (Fsp3) is 0.412. The Kier molecular flexibility index (Phi) is 10.3. The van der Waals surface area contributed by atoms with E-state index in [1.807, 2.05) is 66.7 Å². The molecule has 0 radical (unpaired) electrons. The van der Waals surface area contributed by atoms with Gasteiger partial charge in [-0.05, 0) is 60.8 Å². The molecule has 1 saturated heterocycles. The third kappa shape index (κ3) is 7.98. The maximum Gasteiger partial charge on any atom is 0.249 e. The van der Waals surface area contributed by atoms with Crippen molar-refractivity contribution in [3.63, 3.8) is 0 Å². The van der Waals surface area contributed by atoms with Gasteiger partial charge in [0.1, 0.15) is 18.2 Å². The zero-order valence-corrected chi connectivity index (χ0v) is 25.2. The summed E-state index contributed by atoms with van der Waals surface area (Å²) < 4.78 is 1.49. The Bertz CT molecular complexity index is 1480. The van der Waals surface area contributed by atoms with Crippen LogP contribution in [-0.4, -0.2) is 80.2 Å². The first-order valence-electron chi connectivity index (χ1n) is 15.5. The first-order valence-corrected chi connectivity index (χ1v) is 15.5. The molecule has 2 heterocycles. The van der Waals surface area contributed by atoms with Crippen LogP contribution in [0.1, 0.15) is 42.4 Å². The molecule has 0 unspecified atom stereocenters. The highest BCUT2D eigenvalue weighted by Gasteiger charge is 2.50. The van der Waals surface area contributed by atoms with E-state index >= 15 is 0 Å². The lowest BCUT2D eigenvalue weighted by molar-refractivity contribution is -0.145. The van der Waals surface area contributed by atoms with Gasteiger partial charge in [0.05, 0.1) is 6.10 Å². The number of hydrogen-bond acceptors (Lipinski definition) is 6. The first kappa shape index (κ1) is 31.9. The summed E-state index contributed by atoms with van der Waals surface area (Å²) in [5.74, 6) is -1.40. The zero-order chi connectivity index (χ0) is 31.9. The van der Waals surface area contributed by atoms with Gasteiger partial charge in [0.2, 0.25) is 17.7 Å². The number of fused-ring (bicyclic) bond motifs is 1. The van der Waals surface area contributed by atoms with Gasteiger partial charge < -0.3 is 31.5 Å². The van der Waals surface area contributed by atoms with E-state index in [9.17, 15) is 24.6 Å². The molecular formula is C34H42N6O5. The normalized spacial score (nSPS) is 22.2. The second-order valence-corrected chi connectivity index (χ2v) is 12.1. The Labute approximate surface area is 262 Å². The van der Waals surface area contributed by atoms with Crippen molar-refractivity contribution < 1.29 is 24.6 Å². The second kappa shape index (κ2) is 14.5. The van der Waals surface area contributed by atoms with Crippen molar-refractivity contribution in [1.29, 1.82) is 5.41 Å². The lowest BCUT2D eigenvalue weighted by Gasteiger charge is -2.37. The summed E-state index contributed by atoms with van der Waals surface area (Å²) in [7, 11) is 0. The number of aliphatic hydroxyl groups excluding tert-OH is 2. The molecule has 0 spiro atoms. The number of aromatic nitrogens is 1. The minimum Gasteiger partial charge on any atom is -0.393 e. The number of carbonyl (C=O) groups excluding carboxylic acids is 3. The van der Waals surface area contributed by atoms with E-state index in [0.29, 0.717) is 38.6 Å². The molecule has 0 bridgehead atoms. The molecule has 3 aromatic rings. The average Bonchev–Trinajstić information content (AvgIpc) is 3.66. The smallest absolute Gasteiger partial charge is 0.249 e. The zero-order valence-electron chi connectivity index (χ0n) is 25.2. The molecule has 45 heavy (non-hydrogen) atoms. The fourth-order valence-corrected chi connectivity index (χ4v) is 6.60. The highest BCUT2D eigenvalue weighted by molar-refractivity contribution is 5.94. The van der Waals surface area contributed by atoms with Gasteiger partial charge in [-0.25, -0.2) is 0 Å². The van der Waals surface area contributed by atoms with E-state index in [1.165, 1.54) is 4.57 Å². The molecule has 1 aromatic heterocycles. The number of carbonyl (C=O) groups is 3. The van der Waals surface area contributed by atoms with Crippen LogP contribution >= 0.6 is 0 Å². The minimum atomic E-state index is -1.36. The van der Waals surface area contributed by atoms with Crippen LogP contribution in [0.2, 0.25) is 0 Å². The molecule has 11 nitrogen and oxygen atoms in total. The number of likely N-dealkylation sites (tertiary alicyclic amines) is 1. The number of nitrogens with two attached hydrogens (primary N) is 1. The first-order chi connectivity index (χ1) is 21.7. The van der Waals surface area contributed by atoms with Crippen LogP contribution in [0.3, 0.4) is 0 Å². The summed E-state index contributed by atoms with van der Waals surface area (Å²) in [6, 6.07) is 18.2. The predicted octanol–water partition coefficient (Wildman–Crippen LogP) is 1.35. The van der Waals surface area contributed by atoms with Crippen LogP contribution < -0.4 is 16.4 Å². The summed E-state index contributed by atoms with van der Waals surface area (Å²) in [4.78, 5) is 42.9. The Balaban J connectivity index is 1.34. The quantitative estimate of drug-likeness (QED) is 0.140. The highest BCUT2D eigenvalue weighted by atomic mass is 16.3. The molecule has 238 valence electrons. The molecule has 5 rings (SSSR count). The van der Waals surface area contributed by atoms with E-state index in [2.05, 4.69) is 10.6 Å². The Morgan fingerprint density at radius 1 is 0.933 bits per heavy atom. The van der Waals surface area contributed by atoms with Gasteiger partial charge in [0.25, 0.3) is 0 Å². The SMILES string of the molecule is N=C(N)n1ccc(CCNC(=O)[C@@H]2C[C@@H]3CC[C@@H](O)C[C@@H]3N2C(=O)[C@@H](Cc2ccccc2)NC(=O)[C@H](O)Cc2ccccc2)c1. The summed E-state index contributed by atoms with van der Waals surface area (Å²) in [6.45, 7) is 0.326. The Morgan fingerprint density at radius 3 is 2.24 bits per heavy atom. The summed E-state index contributed by atoms with van der Waals surface area (Å²) in [5, 5.41) is 34.7. The second-order valence-electron chi connectivity index (χ2n) is 12.1. The van der Waals surface area contributed by atoms with Gasteiger partial charge in [-0.1, -0.05) is 60.7 Å². The van der Waals surface area contributed by atoms with Gasteiger partial charge in [0, 0.05) is 37.8 Å². The van der Waals surface area contributed by atoms with Crippen LogP contribution in [0.5, 0.6) is 0 Å². The van der Waals surface area contributed by atoms with Crippen molar-refractivity contribution in [2.75, 3.05) is 6.54 Å². The van der Waals surface area contributed by atoms with Crippen LogP contribution in [0.4, 0.5) is 0 Å². The molecule has 3 amide bonds. The number of hydrogen-bond donors (Lipinski definition) is 6. The van der Waals surface area contributed by atoms with Crippen LogP contribution in [0.15, 0.2) is 79.1 Å². The Hall–Kier alpha value is -4.48. The maximum absolute atomic E-state index is 14.4. The van der Waals surface area contributed by atoms with Crippen molar-refractivity contribution >= 4 is 23.7 Å². The Morgan fingerprint density at radius 2 is 1.60 bits per heavy atom. The van der Waals surface area contributed by atoms with Gasteiger partial charge in [-0.3, -0.25) is 24.4 Å². The largest absolute Gasteiger partial charge is 0.393 e. The number of amides is 3. The molecule has 6 atom stereocenters. The van der Waals surface area contributed by atoms with Gasteiger partial charge in [0.15, 0.2) is 5.96 Å². The number of nitrogens with zero attached hydrogens (tertiary/aromatic N) is 2. The third-order valence-corrected chi connectivity index (χ3v) is 8.92. The molecule has 1 saturated carbocycles. The van der Waals surface area contributed by atoms with Crippen molar-refractivity contribution in [2.24, 2.45) is 11.7 Å². The van der Waals surface area contributed by atoms with E-state index < -0.39 is 36.1 Å². The number of nitrogen functional groups attached to an aromatic ring is 1. The highest BCUT2D eigenvalue weighted by Crippen LogP contribution is 2.40. The third-order valence-electron chi connectivity index (χ3n) is 8.92. The standard InChI is InChI=1S/C34H42N6O5/c35-34(36)39-16-14-24(21-39)13-15-37-31(43)29-19-25-11-12-26(41)20-28(25)40(29)33(45)27(17-22-7-3-1-4-8-22)38-32(44)30(42)18-23-9-5-2-6-10-23/h1-10,14,16,21,25-30,41-42H,11-13,15,17-20H2,(H3,35,36)(H,37,43)(H,38,44)/t25-,26+,27+,28-,29-,30+/m0/s1. The summed E-state index contributed by atoms with van der Waals surface area (Å²) in [6.07, 6.45) is 4.42. The van der Waals surface area contributed by atoms with Gasteiger partial charge in [-0.2, -0.15) is 0 Å². The van der Waals surface area contributed by atoms with Gasteiger partial charge in [-0.15, -0.1) is 0 Å². The molecular weight excluding hydrogens is 572 g/mol. The molecule has 1 aliphatic heterocycles. The van der Waals surface area contributed by atoms with Crippen molar-refractivity contribution in [1.82, 2.24) is 20.1 Å². The van der Waals surface area contributed by atoms with E-state index in [0.717, 1.165) is 16.7 Å². The molecule has 7 N–H and O–H groups in total. The lowest BCUT2D eigenvalue weighted by atomic mass is 9.83. The number of nitrogens with one attached hydrogen (secondary N) is 3. The van der Waals surface area contributed by atoms with Crippen LogP contribution in [0.25, 0.3) is 0 Å². The average molecular weight is 615 g/mol. The number of rotatable bonds is 11. The lowest BCUT2D eigenvalue weighted by Crippen LogP contribution is -2.58. The molecule has 1 aliphatic carbocycles. The number of aliphatic hydroxyl groups is 2. The van der Waals surface area contributed by atoms with Crippen LogP contribution in [-0.2, 0) is 33.6 Å². The molecule has 2 aliphatic rings. The van der Waals surface area contributed by atoms with E-state index in [-0.39, 0.29) is 36.7 Å². The summed E-state index contributed by atoms with van der Waals surface area (Å²) >= 11 is 0.